The van der Waals surface area contributed by atoms with Gasteiger partial charge < -0.3 is 5.32 Å². The fourth-order valence-electron chi connectivity index (χ4n) is 2.22. The Labute approximate surface area is 155 Å². The molecule has 9 heteroatoms. The molecule has 0 aliphatic carbocycles. The van der Waals surface area contributed by atoms with Crippen LogP contribution in [0.25, 0.3) is 0 Å². The van der Waals surface area contributed by atoms with Gasteiger partial charge in [-0.25, -0.2) is 4.99 Å². The lowest BCUT2D eigenvalue weighted by Gasteiger charge is -2.28. The molecular weight excluding hydrogens is 419 g/mol. The van der Waals surface area contributed by atoms with Gasteiger partial charge in [0.2, 0.25) is 5.82 Å². The van der Waals surface area contributed by atoms with Gasteiger partial charge in [-0.3, -0.25) is 15.0 Å². The van der Waals surface area contributed by atoms with Crippen LogP contribution in [-0.4, -0.2) is 15.7 Å². The van der Waals surface area contributed by atoms with Crippen molar-refractivity contribution in [2.75, 3.05) is 5.32 Å². The molecule has 3 rings (SSSR count). The average Bonchev–Trinajstić information content (AvgIpc) is 2.55. The SMILES string of the molecule is O=[N+]([O-])C1=C(Nc2ccc(Br)cc2)N=C2C=CC=CN2C1=C(Cl)Cl. The number of hydrogen-bond acceptors (Lipinski definition) is 5. The number of nitrogens with one attached hydrogen (secondary N) is 1. The third kappa shape index (κ3) is 3.24. The van der Waals surface area contributed by atoms with Crippen molar-refractivity contribution in [2.45, 2.75) is 0 Å². The van der Waals surface area contributed by atoms with Gasteiger partial charge in [-0.1, -0.05) is 45.2 Å². The van der Waals surface area contributed by atoms with E-state index in [0.717, 1.165) is 4.47 Å². The molecule has 0 bridgehead atoms. The predicted octanol–water partition coefficient (Wildman–Crippen LogP) is 4.75. The highest BCUT2D eigenvalue weighted by Crippen LogP contribution is 2.34. The normalized spacial score (nSPS) is 16.0. The van der Waals surface area contributed by atoms with E-state index in [9.17, 15) is 10.1 Å². The molecule has 122 valence electrons. The van der Waals surface area contributed by atoms with E-state index in [4.69, 9.17) is 23.2 Å². The standard InChI is InChI=1S/C15H9BrCl2N4O2/c16-9-4-6-10(7-5-9)19-15-13(22(23)24)12(14(17)18)21-8-2-1-3-11(21)20-15/h1-8,19H. The Hall–Kier alpha value is -2.09. The summed E-state index contributed by atoms with van der Waals surface area (Å²) in [7, 11) is 0. The van der Waals surface area contributed by atoms with Crippen LogP contribution >= 0.6 is 39.1 Å². The molecule has 24 heavy (non-hydrogen) atoms. The molecule has 1 N–H and O–H groups in total. The van der Waals surface area contributed by atoms with Crippen LogP contribution in [0.1, 0.15) is 0 Å². The Morgan fingerprint density at radius 2 is 1.96 bits per heavy atom. The zero-order valence-electron chi connectivity index (χ0n) is 11.9. The minimum Gasteiger partial charge on any atom is -0.334 e. The van der Waals surface area contributed by atoms with Gasteiger partial charge in [-0.2, -0.15) is 0 Å². The first-order valence-corrected chi connectivity index (χ1v) is 8.22. The van der Waals surface area contributed by atoms with E-state index < -0.39 is 4.92 Å². The first kappa shape index (κ1) is 16.8. The van der Waals surface area contributed by atoms with E-state index in [2.05, 4.69) is 26.2 Å². The van der Waals surface area contributed by atoms with Crippen LogP contribution in [0.5, 0.6) is 0 Å². The van der Waals surface area contributed by atoms with Gasteiger partial charge in [-0.15, -0.1) is 0 Å². The Morgan fingerprint density at radius 1 is 1.25 bits per heavy atom. The van der Waals surface area contributed by atoms with Crippen molar-refractivity contribution in [3.8, 4) is 0 Å². The third-order valence-corrected chi connectivity index (χ3v) is 4.11. The minimum absolute atomic E-state index is 0.0577. The molecule has 2 aliphatic heterocycles. The molecule has 0 atom stereocenters. The summed E-state index contributed by atoms with van der Waals surface area (Å²) in [6, 6.07) is 7.16. The van der Waals surface area contributed by atoms with E-state index in [1.807, 2.05) is 12.1 Å². The topological polar surface area (TPSA) is 70.8 Å². The highest BCUT2D eigenvalue weighted by Gasteiger charge is 2.36. The van der Waals surface area contributed by atoms with E-state index >= 15 is 0 Å². The second-order valence-corrected chi connectivity index (χ2v) is 6.60. The van der Waals surface area contributed by atoms with Crippen LogP contribution in [0.15, 0.2) is 79.9 Å². The second-order valence-electron chi connectivity index (χ2n) is 4.74. The van der Waals surface area contributed by atoms with Gasteiger partial charge in [0.05, 0.1) is 4.92 Å². The number of nitro groups is 1. The maximum Gasteiger partial charge on any atom is 0.338 e. The highest BCUT2D eigenvalue weighted by atomic mass is 79.9. The van der Waals surface area contributed by atoms with Gasteiger partial charge in [-0.05, 0) is 36.4 Å². The zero-order valence-corrected chi connectivity index (χ0v) is 15.0. The minimum atomic E-state index is -0.562. The Kier molecular flexibility index (Phi) is 4.75. The van der Waals surface area contributed by atoms with Crippen molar-refractivity contribution in [2.24, 2.45) is 4.99 Å². The molecule has 1 aromatic rings. The van der Waals surface area contributed by atoms with Crippen LogP contribution in [0.3, 0.4) is 0 Å². The summed E-state index contributed by atoms with van der Waals surface area (Å²) in [5.74, 6) is 0.527. The number of fused-ring (bicyclic) bond motifs is 1. The fraction of sp³-hybridized carbons (Fsp3) is 0. The van der Waals surface area contributed by atoms with E-state index in [-0.39, 0.29) is 21.7 Å². The molecule has 0 amide bonds. The van der Waals surface area contributed by atoms with E-state index in [0.29, 0.717) is 11.5 Å². The number of rotatable bonds is 3. The quantitative estimate of drug-likeness (QED) is 0.558. The van der Waals surface area contributed by atoms with E-state index in [1.165, 1.54) is 4.90 Å². The number of aliphatic imine (C=N–C) groups is 1. The number of hydrogen-bond donors (Lipinski definition) is 1. The molecule has 2 heterocycles. The number of halogens is 3. The molecule has 2 aliphatic rings. The predicted molar refractivity (Wildman–Crippen MR) is 98.1 cm³/mol. The maximum absolute atomic E-state index is 11.6. The van der Waals surface area contributed by atoms with Crippen LogP contribution < -0.4 is 5.32 Å². The van der Waals surface area contributed by atoms with Crippen molar-refractivity contribution in [1.82, 2.24) is 4.90 Å². The lowest BCUT2D eigenvalue weighted by atomic mass is 10.2. The summed E-state index contributed by atoms with van der Waals surface area (Å²) >= 11 is 15.2. The van der Waals surface area contributed by atoms with Crippen LogP contribution in [0.4, 0.5) is 5.69 Å². The smallest absolute Gasteiger partial charge is 0.334 e. The molecule has 1 aromatic carbocycles. The summed E-state index contributed by atoms with van der Waals surface area (Å²) in [5.41, 5.74) is 0.404. The van der Waals surface area contributed by atoms with Crippen LogP contribution in [0, 0.1) is 10.1 Å². The lowest BCUT2D eigenvalue weighted by molar-refractivity contribution is -0.423. The summed E-state index contributed by atoms with van der Waals surface area (Å²) in [6.45, 7) is 0. The number of allylic oxidation sites excluding steroid dienone is 2. The van der Waals surface area contributed by atoms with Gasteiger partial charge in [0.25, 0.3) is 0 Å². The highest BCUT2D eigenvalue weighted by molar-refractivity contribution is 9.10. The number of nitrogens with zero attached hydrogens (tertiary/aromatic N) is 3. The van der Waals surface area contributed by atoms with Crippen molar-refractivity contribution in [3.05, 3.63) is 85.0 Å². The first-order valence-electron chi connectivity index (χ1n) is 6.67. The molecule has 6 nitrogen and oxygen atoms in total. The van der Waals surface area contributed by atoms with E-state index in [1.54, 1.807) is 36.6 Å². The van der Waals surface area contributed by atoms with Crippen molar-refractivity contribution in [3.63, 3.8) is 0 Å². The average molecular weight is 428 g/mol. The van der Waals surface area contributed by atoms with Crippen molar-refractivity contribution >= 4 is 50.7 Å². The van der Waals surface area contributed by atoms with Crippen LogP contribution in [0.2, 0.25) is 0 Å². The van der Waals surface area contributed by atoms with Gasteiger partial charge >= 0.3 is 5.70 Å². The van der Waals surface area contributed by atoms with Gasteiger partial charge in [0.15, 0.2) is 5.70 Å². The lowest BCUT2D eigenvalue weighted by Crippen LogP contribution is -2.33. The monoisotopic (exact) mass is 426 g/mol. The third-order valence-electron chi connectivity index (χ3n) is 3.22. The largest absolute Gasteiger partial charge is 0.338 e. The molecule has 0 unspecified atom stereocenters. The Morgan fingerprint density at radius 3 is 2.58 bits per heavy atom. The van der Waals surface area contributed by atoms with Gasteiger partial charge in [0.1, 0.15) is 10.3 Å². The van der Waals surface area contributed by atoms with Crippen molar-refractivity contribution in [1.29, 1.82) is 0 Å². The summed E-state index contributed by atoms with van der Waals surface area (Å²) < 4.78 is 0.673. The zero-order chi connectivity index (χ0) is 17.3. The first-order chi connectivity index (χ1) is 11.5. The summed E-state index contributed by atoms with van der Waals surface area (Å²) in [6.07, 6.45) is 6.79. The molecule has 0 radical (unpaired) electrons. The van der Waals surface area contributed by atoms with Crippen LogP contribution in [-0.2, 0) is 0 Å². The number of amidine groups is 1. The molecule has 0 saturated carbocycles. The Balaban J connectivity index is 2.13. The van der Waals surface area contributed by atoms with Gasteiger partial charge in [0, 0.05) is 16.4 Å². The maximum atomic E-state index is 11.6. The fourth-order valence-corrected chi connectivity index (χ4v) is 2.84. The number of benzene rings is 1. The second kappa shape index (κ2) is 6.80. The molecule has 0 spiro atoms. The summed E-state index contributed by atoms with van der Waals surface area (Å²) in [4.78, 5) is 16.8. The number of anilines is 1. The molecular formula is C15H9BrCl2N4O2. The Bertz CT molecular complexity index is 853. The molecule has 0 saturated heterocycles. The summed E-state index contributed by atoms with van der Waals surface area (Å²) in [5, 5.41) is 14.6. The molecule has 0 aromatic heterocycles. The molecule has 0 fully saturated rings. The van der Waals surface area contributed by atoms with Crippen molar-refractivity contribution < 1.29 is 4.92 Å².